The molecule has 0 saturated carbocycles. The van der Waals surface area contributed by atoms with Crippen LogP contribution in [-0.2, 0) is 17.6 Å². The van der Waals surface area contributed by atoms with Crippen LogP contribution in [0.2, 0.25) is 0 Å². The normalized spacial score (nSPS) is 12.7. The van der Waals surface area contributed by atoms with Crippen molar-refractivity contribution < 1.29 is 4.79 Å². The average Bonchev–Trinajstić information content (AvgIpc) is 3.08. The van der Waals surface area contributed by atoms with E-state index in [0.29, 0.717) is 12.4 Å². The Hall–Kier alpha value is -3.21. The predicted octanol–water partition coefficient (Wildman–Crippen LogP) is 3.35. The van der Waals surface area contributed by atoms with E-state index in [2.05, 4.69) is 26.3 Å². The Labute approximate surface area is 146 Å². The number of nitrogens with one attached hydrogen (secondary N) is 1. The Morgan fingerprint density at radius 3 is 2.60 bits per heavy atom. The maximum absolute atomic E-state index is 12.5. The first kappa shape index (κ1) is 15.3. The maximum Gasteiger partial charge on any atom is 0.229 e. The molecule has 1 aliphatic rings. The molecule has 1 aromatic heterocycles. The van der Waals surface area contributed by atoms with Crippen LogP contribution in [0.5, 0.6) is 0 Å². The van der Waals surface area contributed by atoms with Crippen molar-refractivity contribution in [1.82, 2.24) is 9.97 Å². The van der Waals surface area contributed by atoms with E-state index in [9.17, 15) is 4.79 Å². The monoisotopic (exact) mass is 330 g/mol. The summed E-state index contributed by atoms with van der Waals surface area (Å²) in [4.78, 5) is 23.2. The van der Waals surface area contributed by atoms with Crippen LogP contribution in [-0.4, -0.2) is 22.4 Å². The molecule has 0 aliphatic carbocycles. The molecule has 25 heavy (non-hydrogen) atoms. The number of benzene rings is 2. The lowest BCUT2D eigenvalue weighted by Gasteiger charge is -2.20. The summed E-state index contributed by atoms with van der Waals surface area (Å²) in [6.45, 7) is 0.810. The lowest BCUT2D eigenvalue weighted by Crippen LogP contribution is -2.20. The molecule has 1 N–H and O–H groups in total. The van der Waals surface area contributed by atoms with Gasteiger partial charge in [-0.25, -0.2) is 9.97 Å². The van der Waals surface area contributed by atoms with Crippen LogP contribution in [0.25, 0.3) is 0 Å². The second-order valence-electron chi connectivity index (χ2n) is 5.97. The van der Waals surface area contributed by atoms with Gasteiger partial charge in [-0.15, -0.1) is 0 Å². The van der Waals surface area contributed by atoms with Gasteiger partial charge in [-0.05, 0) is 29.7 Å². The van der Waals surface area contributed by atoms with Gasteiger partial charge in [0.25, 0.3) is 0 Å². The van der Waals surface area contributed by atoms with Gasteiger partial charge in [0.05, 0.1) is 17.8 Å². The van der Waals surface area contributed by atoms with Crippen LogP contribution in [0, 0.1) is 0 Å². The SMILES string of the molecule is O=C(Cc1ccccc1)Nc1cccc2c1N(c1ncccn1)CC2. The van der Waals surface area contributed by atoms with Crippen LogP contribution < -0.4 is 10.2 Å². The Balaban J connectivity index is 1.59. The highest BCUT2D eigenvalue weighted by atomic mass is 16.1. The minimum absolute atomic E-state index is 0.0274. The molecule has 4 rings (SSSR count). The van der Waals surface area contributed by atoms with Crippen molar-refractivity contribution in [3.8, 4) is 0 Å². The van der Waals surface area contributed by atoms with Crippen molar-refractivity contribution in [3.05, 3.63) is 78.1 Å². The third-order valence-electron chi connectivity index (χ3n) is 4.27. The van der Waals surface area contributed by atoms with Gasteiger partial charge < -0.3 is 10.2 Å². The van der Waals surface area contributed by atoms with Crippen molar-refractivity contribution in [3.63, 3.8) is 0 Å². The number of fused-ring (bicyclic) bond motifs is 1. The van der Waals surface area contributed by atoms with Crippen molar-refractivity contribution in [1.29, 1.82) is 0 Å². The maximum atomic E-state index is 12.5. The largest absolute Gasteiger partial charge is 0.324 e. The minimum atomic E-state index is -0.0274. The molecule has 0 fully saturated rings. The fourth-order valence-corrected chi connectivity index (χ4v) is 3.16. The molecule has 0 spiro atoms. The van der Waals surface area contributed by atoms with Crippen molar-refractivity contribution in [2.75, 3.05) is 16.8 Å². The van der Waals surface area contributed by atoms with Gasteiger partial charge in [0.1, 0.15) is 0 Å². The summed E-state index contributed by atoms with van der Waals surface area (Å²) in [6.07, 6.45) is 4.73. The van der Waals surface area contributed by atoms with E-state index in [1.54, 1.807) is 18.5 Å². The molecule has 2 aromatic carbocycles. The van der Waals surface area contributed by atoms with Gasteiger partial charge in [-0.3, -0.25) is 4.79 Å². The molecule has 0 radical (unpaired) electrons. The molecule has 1 aliphatic heterocycles. The third-order valence-corrected chi connectivity index (χ3v) is 4.27. The number of anilines is 3. The van der Waals surface area contributed by atoms with Crippen LogP contribution in [0.15, 0.2) is 67.0 Å². The number of carbonyl (C=O) groups is 1. The fraction of sp³-hybridized carbons (Fsp3) is 0.150. The minimum Gasteiger partial charge on any atom is -0.324 e. The Kier molecular flexibility index (Phi) is 4.12. The molecule has 5 heteroatoms. The zero-order chi connectivity index (χ0) is 17.1. The number of amides is 1. The van der Waals surface area contributed by atoms with E-state index in [4.69, 9.17) is 0 Å². The molecule has 0 bridgehead atoms. The zero-order valence-corrected chi connectivity index (χ0v) is 13.7. The average molecular weight is 330 g/mol. The second-order valence-corrected chi connectivity index (χ2v) is 5.97. The predicted molar refractivity (Wildman–Crippen MR) is 98.0 cm³/mol. The summed E-state index contributed by atoms with van der Waals surface area (Å²) in [7, 11) is 0. The highest BCUT2D eigenvalue weighted by Gasteiger charge is 2.25. The number of hydrogen-bond donors (Lipinski definition) is 1. The highest BCUT2D eigenvalue weighted by molar-refractivity contribution is 5.97. The summed E-state index contributed by atoms with van der Waals surface area (Å²) in [5.74, 6) is 0.631. The lowest BCUT2D eigenvalue weighted by atomic mass is 10.1. The number of aromatic nitrogens is 2. The Bertz CT molecular complexity index is 881. The van der Waals surface area contributed by atoms with E-state index in [1.165, 1.54) is 5.56 Å². The first-order chi connectivity index (χ1) is 12.3. The fourth-order valence-electron chi connectivity index (χ4n) is 3.16. The summed E-state index contributed by atoms with van der Waals surface area (Å²) < 4.78 is 0. The number of rotatable bonds is 4. The van der Waals surface area contributed by atoms with E-state index >= 15 is 0 Å². The number of carbonyl (C=O) groups excluding carboxylic acids is 1. The number of hydrogen-bond acceptors (Lipinski definition) is 4. The van der Waals surface area contributed by atoms with Crippen LogP contribution in [0.4, 0.5) is 17.3 Å². The highest BCUT2D eigenvalue weighted by Crippen LogP contribution is 2.38. The van der Waals surface area contributed by atoms with Crippen molar-refractivity contribution >= 4 is 23.2 Å². The zero-order valence-electron chi connectivity index (χ0n) is 13.7. The molecule has 0 unspecified atom stereocenters. The first-order valence-corrected chi connectivity index (χ1v) is 8.31. The van der Waals surface area contributed by atoms with Crippen LogP contribution >= 0.6 is 0 Å². The standard InChI is InChI=1S/C20H18N4O/c25-18(14-15-6-2-1-3-7-15)23-17-9-4-8-16-10-13-24(19(16)17)20-21-11-5-12-22-20/h1-9,11-12H,10,13-14H2,(H,23,25). The van der Waals surface area contributed by atoms with Gasteiger partial charge in [0.15, 0.2) is 0 Å². The quantitative estimate of drug-likeness (QED) is 0.797. The van der Waals surface area contributed by atoms with Crippen molar-refractivity contribution in [2.45, 2.75) is 12.8 Å². The summed E-state index contributed by atoms with van der Waals surface area (Å²) in [6, 6.07) is 17.5. The molecule has 5 nitrogen and oxygen atoms in total. The van der Waals surface area contributed by atoms with E-state index < -0.39 is 0 Å². The topological polar surface area (TPSA) is 58.1 Å². The van der Waals surface area contributed by atoms with Gasteiger partial charge in [0, 0.05) is 18.9 Å². The first-order valence-electron chi connectivity index (χ1n) is 8.31. The van der Waals surface area contributed by atoms with Gasteiger partial charge in [0.2, 0.25) is 11.9 Å². The Morgan fingerprint density at radius 2 is 1.80 bits per heavy atom. The van der Waals surface area contributed by atoms with E-state index in [-0.39, 0.29) is 5.91 Å². The molecule has 3 aromatic rings. The Morgan fingerprint density at radius 1 is 1.00 bits per heavy atom. The second kappa shape index (κ2) is 6.73. The molecule has 1 amide bonds. The van der Waals surface area contributed by atoms with E-state index in [0.717, 1.165) is 29.9 Å². The van der Waals surface area contributed by atoms with Gasteiger partial charge in [-0.1, -0.05) is 42.5 Å². The summed E-state index contributed by atoms with van der Waals surface area (Å²) in [5.41, 5.74) is 4.00. The molecular formula is C20H18N4O. The lowest BCUT2D eigenvalue weighted by molar-refractivity contribution is -0.115. The summed E-state index contributed by atoms with van der Waals surface area (Å²) >= 11 is 0. The van der Waals surface area contributed by atoms with Gasteiger partial charge >= 0.3 is 0 Å². The van der Waals surface area contributed by atoms with Crippen LogP contribution in [0.3, 0.4) is 0 Å². The number of nitrogens with zero attached hydrogens (tertiary/aromatic N) is 3. The van der Waals surface area contributed by atoms with Crippen molar-refractivity contribution in [2.24, 2.45) is 0 Å². The molecular weight excluding hydrogens is 312 g/mol. The third kappa shape index (κ3) is 3.21. The number of para-hydroxylation sites is 1. The molecule has 124 valence electrons. The van der Waals surface area contributed by atoms with Crippen LogP contribution in [0.1, 0.15) is 11.1 Å². The molecule has 0 saturated heterocycles. The van der Waals surface area contributed by atoms with E-state index in [1.807, 2.05) is 42.5 Å². The summed E-state index contributed by atoms with van der Waals surface area (Å²) in [5, 5.41) is 3.05. The molecule has 0 atom stereocenters. The van der Waals surface area contributed by atoms with Gasteiger partial charge in [-0.2, -0.15) is 0 Å². The smallest absolute Gasteiger partial charge is 0.229 e. The molecule has 2 heterocycles.